The lowest BCUT2D eigenvalue weighted by Gasteiger charge is -2.22. The van der Waals surface area contributed by atoms with Gasteiger partial charge < -0.3 is 4.74 Å². The first-order valence-corrected chi connectivity index (χ1v) is 17.2. The van der Waals surface area contributed by atoms with Crippen LogP contribution >= 0.6 is 0 Å². The highest BCUT2D eigenvalue weighted by Gasteiger charge is 2.20. The lowest BCUT2D eigenvalue weighted by molar-refractivity contribution is 0.487. The lowest BCUT2D eigenvalue weighted by Crippen LogP contribution is -1.97. The first-order chi connectivity index (χ1) is 25.2. The Morgan fingerprint density at radius 2 is 0.882 bits per heavy atom. The summed E-state index contributed by atoms with van der Waals surface area (Å²) in [5.41, 5.74) is 11.8. The van der Waals surface area contributed by atoms with Crippen LogP contribution in [0, 0.1) is 0 Å². The predicted molar refractivity (Wildman–Crippen MR) is 210 cm³/mol. The van der Waals surface area contributed by atoms with E-state index in [-0.39, 0.29) is 0 Å². The summed E-state index contributed by atoms with van der Waals surface area (Å²) in [5.74, 6) is 2.50. The fourth-order valence-corrected chi connectivity index (χ4v) is 7.24. The topological polar surface area (TPSA) is 35.0 Å². The van der Waals surface area contributed by atoms with E-state index in [1.807, 2.05) is 24.3 Å². The summed E-state index contributed by atoms with van der Waals surface area (Å²) in [6.07, 6.45) is 0. The van der Waals surface area contributed by atoms with Gasteiger partial charge in [0.25, 0.3) is 0 Å². The zero-order valence-electron chi connectivity index (χ0n) is 27.6. The van der Waals surface area contributed by atoms with E-state index in [0.29, 0.717) is 5.82 Å². The standard InChI is InChI=1S/C48H30N2O/c1-2-9-37(10-3-1)48-49-43(34-21-16-32(17-22-34)39-25-20-31-8-4-5-11-38(31)28-39)30-44(50-48)35-23-18-33(19-24-35)40-26-27-45-42(29-40)41-14-6-12-36-13-7-15-46(51-45)47(36)41/h1-30H. The second-order valence-corrected chi connectivity index (χ2v) is 13.0. The van der Waals surface area contributed by atoms with Gasteiger partial charge in [-0.15, -0.1) is 0 Å². The molecule has 1 aliphatic rings. The molecule has 10 rings (SSSR count). The molecule has 0 N–H and O–H groups in total. The first kappa shape index (κ1) is 29.1. The van der Waals surface area contributed by atoms with E-state index in [0.717, 1.165) is 61.7 Å². The summed E-state index contributed by atoms with van der Waals surface area (Å²) in [7, 11) is 0. The number of rotatable bonds is 5. The van der Waals surface area contributed by atoms with Crippen LogP contribution in [0.1, 0.15) is 0 Å². The van der Waals surface area contributed by atoms with Crippen molar-refractivity contribution >= 4 is 21.5 Å². The second-order valence-electron chi connectivity index (χ2n) is 13.0. The third kappa shape index (κ3) is 5.24. The molecule has 8 aromatic carbocycles. The zero-order valence-corrected chi connectivity index (χ0v) is 27.6. The van der Waals surface area contributed by atoms with Crippen molar-refractivity contribution in [2.24, 2.45) is 0 Å². The minimum atomic E-state index is 0.704. The van der Waals surface area contributed by atoms with Crippen LogP contribution in [0.3, 0.4) is 0 Å². The van der Waals surface area contributed by atoms with Crippen LogP contribution in [0.15, 0.2) is 182 Å². The molecular weight excluding hydrogens is 621 g/mol. The van der Waals surface area contributed by atoms with Crippen LogP contribution in [-0.2, 0) is 0 Å². The smallest absolute Gasteiger partial charge is 0.160 e. The maximum atomic E-state index is 6.34. The van der Waals surface area contributed by atoms with Gasteiger partial charge >= 0.3 is 0 Å². The molecule has 0 radical (unpaired) electrons. The SMILES string of the molecule is c1ccc(-c2nc(-c3ccc(-c4ccc5c(c4)-c4cccc6cccc(c46)O5)cc3)cc(-c3ccc(-c4ccc5ccccc5c4)cc3)n2)cc1. The van der Waals surface area contributed by atoms with Gasteiger partial charge in [0, 0.05) is 27.6 Å². The number of hydrogen-bond acceptors (Lipinski definition) is 3. The molecule has 0 bridgehead atoms. The van der Waals surface area contributed by atoms with Crippen LogP contribution in [-0.4, -0.2) is 9.97 Å². The molecule has 0 amide bonds. The normalized spacial score (nSPS) is 11.7. The van der Waals surface area contributed by atoms with Crippen LogP contribution in [0.5, 0.6) is 11.5 Å². The van der Waals surface area contributed by atoms with Crippen LogP contribution in [0.25, 0.3) is 88.8 Å². The Hall–Kier alpha value is -6.84. The Balaban J connectivity index is 1.00. The minimum Gasteiger partial charge on any atom is -0.456 e. The monoisotopic (exact) mass is 650 g/mol. The summed E-state index contributed by atoms with van der Waals surface area (Å²) >= 11 is 0. The number of aromatic nitrogens is 2. The summed E-state index contributed by atoms with van der Waals surface area (Å²) in [5, 5.41) is 4.83. The van der Waals surface area contributed by atoms with Gasteiger partial charge in [0.1, 0.15) is 11.5 Å². The van der Waals surface area contributed by atoms with Crippen molar-refractivity contribution in [3.05, 3.63) is 182 Å². The average Bonchev–Trinajstić information content (AvgIpc) is 3.21. The van der Waals surface area contributed by atoms with Gasteiger partial charge in [-0.05, 0) is 74.3 Å². The Morgan fingerprint density at radius 1 is 0.314 bits per heavy atom. The second kappa shape index (κ2) is 11.9. The maximum Gasteiger partial charge on any atom is 0.160 e. The summed E-state index contributed by atoms with van der Waals surface area (Å²) in [6.45, 7) is 0. The highest BCUT2D eigenvalue weighted by molar-refractivity contribution is 6.04. The van der Waals surface area contributed by atoms with E-state index in [1.54, 1.807) is 0 Å². The third-order valence-electron chi connectivity index (χ3n) is 9.89. The van der Waals surface area contributed by atoms with E-state index in [1.165, 1.54) is 32.8 Å². The minimum absolute atomic E-state index is 0.704. The van der Waals surface area contributed by atoms with Gasteiger partial charge in [-0.3, -0.25) is 0 Å². The zero-order chi connectivity index (χ0) is 33.7. The molecule has 0 atom stereocenters. The molecule has 9 aromatic rings. The Labute approximate surface area is 296 Å². The summed E-state index contributed by atoms with van der Waals surface area (Å²) in [6, 6.07) is 63.9. The Bertz CT molecular complexity index is 2750. The molecule has 0 saturated carbocycles. The number of benzene rings is 8. The van der Waals surface area contributed by atoms with Gasteiger partial charge in [-0.25, -0.2) is 9.97 Å². The molecule has 1 aromatic heterocycles. The van der Waals surface area contributed by atoms with E-state index in [9.17, 15) is 0 Å². The van der Waals surface area contributed by atoms with Crippen molar-refractivity contribution in [1.82, 2.24) is 9.97 Å². The van der Waals surface area contributed by atoms with Gasteiger partial charge in [-0.1, -0.05) is 152 Å². The molecule has 0 unspecified atom stereocenters. The Kier molecular flexibility index (Phi) is 6.81. The van der Waals surface area contributed by atoms with Crippen molar-refractivity contribution in [1.29, 1.82) is 0 Å². The van der Waals surface area contributed by atoms with Crippen LogP contribution in [0.2, 0.25) is 0 Å². The highest BCUT2D eigenvalue weighted by atomic mass is 16.5. The summed E-state index contributed by atoms with van der Waals surface area (Å²) in [4.78, 5) is 10.1. The van der Waals surface area contributed by atoms with E-state index in [4.69, 9.17) is 14.7 Å². The third-order valence-corrected chi connectivity index (χ3v) is 9.89. The van der Waals surface area contributed by atoms with Crippen molar-refractivity contribution in [2.75, 3.05) is 0 Å². The van der Waals surface area contributed by atoms with Gasteiger partial charge in [0.05, 0.1) is 11.4 Å². The lowest BCUT2D eigenvalue weighted by atomic mass is 9.92. The number of hydrogen-bond donors (Lipinski definition) is 0. The fourth-order valence-electron chi connectivity index (χ4n) is 7.24. The molecule has 0 aliphatic carbocycles. The first-order valence-electron chi connectivity index (χ1n) is 17.2. The molecule has 0 spiro atoms. The molecular formula is C48H30N2O. The van der Waals surface area contributed by atoms with Gasteiger partial charge in [0.2, 0.25) is 0 Å². The molecule has 1 aliphatic heterocycles. The van der Waals surface area contributed by atoms with Crippen LogP contribution < -0.4 is 4.74 Å². The predicted octanol–water partition coefficient (Wildman–Crippen LogP) is 12.9. The number of ether oxygens (including phenoxy) is 1. The fraction of sp³-hybridized carbons (Fsp3) is 0. The Morgan fingerprint density at radius 3 is 1.61 bits per heavy atom. The molecule has 3 heteroatoms. The largest absolute Gasteiger partial charge is 0.456 e. The van der Waals surface area contributed by atoms with Crippen molar-refractivity contribution in [3.8, 4) is 78.8 Å². The molecule has 2 heterocycles. The molecule has 3 nitrogen and oxygen atoms in total. The van der Waals surface area contributed by atoms with Crippen molar-refractivity contribution in [3.63, 3.8) is 0 Å². The summed E-state index contributed by atoms with van der Waals surface area (Å²) < 4.78 is 6.34. The van der Waals surface area contributed by atoms with Crippen molar-refractivity contribution in [2.45, 2.75) is 0 Å². The van der Waals surface area contributed by atoms with Crippen LogP contribution in [0.4, 0.5) is 0 Å². The van der Waals surface area contributed by atoms with E-state index in [2.05, 4.69) is 158 Å². The van der Waals surface area contributed by atoms with Gasteiger partial charge in [-0.2, -0.15) is 0 Å². The molecule has 0 fully saturated rings. The molecule has 238 valence electrons. The average molecular weight is 651 g/mol. The highest BCUT2D eigenvalue weighted by Crippen LogP contribution is 2.47. The number of nitrogens with zero attached hydrogens (tertiary/aromatic N) is 2. The van der Waals surface area contributed by atoms with E-state index >= 15 is 0 Å². The van der Waals surface area contributed by atoms with Gasteiger partial charge in [0.15, 0.2) is 5.82 Å². The maximum absolute atomic E-state index is 6.34. The molecule has 0 saturated heterocycles. The molecule has 51 heavy (non-hydrogen) atoms. The van der Waals surface area contributed by atoms with Crippen molar-refractivity contribution < 1.29 is 4.74 Å². The number of fused-ring (bicyclic) bond motifs is 3. The van der Waals surface area contributed by atoms with E-state index < -0.39 is 0 Å². The quantitative estimate of drug-likeness (QED) is 0.186.